The van der Waals surface area contributed by atoms with Crippen molar-refractivity contribution in [3.05, 3.63) is 77.4 Å². The molecular formula is C22H29FN6+2. The summed E-state index contributed by atoms with van der Waals surface area (Å²) in [6.07, 6.45) is 0.993. The van der Waals surface area contributed by atoms with E-state index >= 15 is 0 Å². The van der Waals surface area contributed by atoms with Gasteiger partial charge in [-0.15, -0.1) is 5.10 Å². The van der Waals surface area contributed by atoms with Gasteiger partial charge in [0.05, 0.1) is 6.54 Å². The first kappa shape index (κ1) is 19.7. The minimum Gasteiger partial charge on any atom is -0.322 e. The van der Waals surface area contributed by atoms with Gasteiger partial charge in [0.1, 0.15) is 44.6 Å². The van der Waals surface area contributed by atoms with E-state index in [1.165, 1.54) is 17.7 Å². The van der Waals surface area contributed by atoms with Crippen molar-refractivity contribution in [2.75, 3.05) is 26.2 Å². The van der Waals surface area contributed by atoms with Crippen molar-refractivity contribution >= 4 is 0 Å². The molecule has 7 heteroatoms. The predicted molar refractivity (Wildman–Crippen MR) is 108 cm³/mol. The summed E-state index contributed by atoms with van der Waals surface area (Å²) in [5, 5.41) is 12.5. The van der Waals surface area contributed by atoms with Crippen LogP contribution >= 0.6 is 0 Å². The fourth-order valence-corrected chi connectivity index (χ4v) is 4.32. The van der Waals surface area contributed by atoms with Crippen LogP contribution in [0.2, 0.25) is 0 Å². The van der Waals surface area contributed by atoms with Crippen LogP contribution in [0.4, 0.5) is 4.39 Å². The lowest BCUT2D eigenvalue weighted by molar-refractivity contribution is -1.03. The van der Waals surface area contributed by atoms with Crippen molar-refractivity contribution < 1.29 is 14.2 Å². The highest BCUT2D eigenvalue weighted by Gasteiger charge is 2.33. The number of nitrogens with zero attached hydrogens (tertiary/aromatic N) is 4. The third-order valence-electron chi connectivity index (χ3n) is 5.91. The normalized spacial score (nSPS) is 20.5. The van der Waals surface area contributed by atoms with E-state index in [1.807, 2.05) is 4.68 Å². The van der Waals surface area contributed by atoms with E-state index in [1.54, 1.807) is 21.9 Å². The van der Waals surface area contributed by atoms with Gasteiger partial charge in [-0.1, -0.05) is 49.4 Å². The zero-order valence-electron chi connectivity index (χ0n) is 16.9. The summed E-state index contributed by atoms with van der Waals surface area (Å²) >= 11 is 0. The summed E-state index contributed by atoms with van der Waals surface area (Å²) in [7, 11) is 0. The number of benzene rings is 2. The molecule has 0 unspecified atom stereocenters. The SMILES string of the molecule is CC[C@@H](c1nnnn1Cc1ccc(F)cc1)[NH+]1CC[NH+](Cc2ccccc2)CC1. The molecule has 1 aliphatic rings. The number of piperazine rings is 1. The average Bonchev–Trinajstić information content (AvgIpc) is 3.20. The van der Waals surface area contributed by atoms with Crippen LogP contribution in [0.1, 0.15) is 36.3 Å². The lowest BCUT2D eigenvalue weighted by Crippen LogP contribution is -3.27. The standard InChI is InChI=1S/C22H27FN6/c1-2-21(22-24-25-26-29(22)17-19-8-10-20(23)11-9-19)28-14-12-27(13-15-28)16-18-6-4-3-5-7-18/h3-11,21H,2,12-17H2,1H3/p+2/t21-/m0/s1. The van der Waals surface area contributed by atoms with Gasteiger partial charge in [-0.2, -0.15) is 0 Å². The third kappa shape index (κ3) is 4.86. The molecule has 0 bridgehead atoms. The highest BCUT2D eigenvalue weighted by atomic mass is 19.1. The first-order chi connectivity index (χ1) is 14.2. The van der Waals surface area contributed by atoms with E-state index in [-0.39, 0.29) is 11.9 Å². The van der Waals surface area contributed by atoms with E-state index < -0.39 is 0 Å². The van der Waals surface area contributed by atoms with E-state index in [9.17, 15) is 4.39 Å². The fourth-order valence-electron chi connectivity index (χ4n) is 4.32. The Balaban J connectivity index is 1.40. The second kappa shape index (κ2) is 9.24. The van der Waals surface area contributed by atoms with Gasteiger partial charge in [0, 0.05) is 12.0 Å². The van der Waals surface area contributed by atoms with Gasteiger partial charge in [0.25, 0.3) is 0 Å². The molecule has 1 atom stereocenters. The molecule has 4 rings (SSSR count). The molecule has 1 aliphatic heterocycles. The fraction of sp³-hybridized carbons (Fsp3) is 0.409. The minimum atomic E-state index is -0.225. The molecule has 2 heterocycles. The van der Waals surface area contributed by atoms with Crippen molar-refractivity contribution in [1.82, 2.24) is 20.2 Å². The zero-order chi connectivity index (χ0) is 20.1. The van der Waals surface area contributed by atoms with Crippen LogP contribution in [-0.4, -0.2) is 46.4 Å². The van der Waals surface area contributed by atoms with Gasteiger partial charge < -0.3 is 9.80 Å². The summed E-state index contributed by atoms with van der Waals surface area (Å²) in [4.78, 5) is 3.19. The van der Waals surface area contributed by atoms with Crippen molar-refractivity contribution in [2.45, 2.75) is 32.5 Å². The molecule has 1 fully saturated rings. The van der Waals surface area contributed by atoms with Crippen LogP contribution < -0.4 is 9.80 Å². The van der Waals surface area contributed by atoms with E-state index in [4.69, 9.17) is 0 Å². The lowest BCUT2D eigenvalue weighted by atomic mass is 10.1. The second-order valence-corrected chi connectivity index (χ2v) is 7.85. The molecule has 0 radical (unpaired) electrons. The minimum absolute atomic E-state index is 0.225. The maximum atomic E-state index is 13.2. The van der Waals surface area contributed by atoms with Gasteiger partial charge in [0.15, 0.2) is 0 Å². The van der Waals surface area contributed by atoms with E-state index in [2.05, 4.69) is 52.8 Å². The van der Waals surface area contributed by atoms with Crippen molar-refractivity contribution in [3.63, 3.8) is 0 Å². The van der Waals surface area contributed by atoms with Gasteiger partial charge in [-0.05, 0) is 28.1 Å². The Hall–Kier alpha value is -2.64. The molecule has 2 aromatic carbocycles. The quantitative estimate of drug-likeness (QED) is 0.604. The Morgan fingerprint density at radius 3 is 2.38 bits per heavy atom. The summed E-state index contributed by atoms with van der Waals surface area (Å²) in [5.41, 5.74) is 2.41. The smallest absolute Gasteiger partial charge is 0.209 e. The molecule has 3 aromatic rings. The number of hydrogen-bond donors (Lipinski definition) is 2. The van der Waals surface area contributed by atoms with Crippen molar-refractivity contribution in [3.8, 4) is 0 Å². The molecule has 1 saturated heterocycles. The Morgan fingerprint density at radius 1 is 0.966 bits per heavy atom. The number of tetrazole rings is 1. The Morgan fingerprint density at radius 2 is 1.69 bits per heavy atom. The van der Waals surface area contributed by atoms with Gasteiger partial charge in [0.2, 0.25) is 5.82 Å². The van der Waals surface area contributed by atoms with Crippen LogP contribution in [0.25, 0.3) is 0 Å². The topological polar surface area (TPSA) is 52.5 Å². The molecule has 0 saturated carbocycles. The first-order valence-electron chi connectivity index (χ1n) is 10.5. The largest absolute Gasteiger partial charge is 0.322 e. The zero-order valence-corrected chi connectivity index (χ0v) is 16.9. The molecule has 0 aliphatic carbocycles. The number of rotatable bonds is 7. The Labute approximate surface area is 170 Å². The number of quaternary nitrogens is 2. The molecule has 2 N–H and O–H groups in total. The van der Waals surface area contributed by atoms with Crippen LogP contribution in [-0.2, 0) is 13.1 Å². The molecule has 1 aromatic heterocycles. The number of hydrogen-bond acceptors (Lipinski definition) is 3. The number of nitrogens with one attached hydrogen (secondary N) is 2. The lowest BCUT2D eigenvalue weighted by Gasteiger charge is -2.33. The number of aromatic nitrogens is 4. The van der Waals surface area contributed by atoms with Crippen molar-refractivity contribution in [1.29, 1.82) is 0 Å². The van der Waals surface area contributed by atoms with Gasteiger partial charge in [-0.25, -0.2) is 9.07 Å². The first-order valence-corrected chi connectivity index (χ1v) is 10.5. The third-order valence-corrected chi connectivity index (χ3v) is 5.91. The molecule has 0 amide bonds. The predicted octanol–water partition coefficient (Wildman–Crippen LogP) is 0.295. The van der Waals surface area contributed by atoms with Crippen LogP contribution in [0, 0.1) is 5.82 Å². The maximum absolute atomic E-state index is 13.2. The molecule has 0 spiro atoms. The monoisotopic (exact) mass is 396 g/mol. The van der Waals surface area contributed by atoms with Gasteiger partial charge in [-0.3, -0.25) is 0 Å². The van der Waals surface area contributed by atoms with Gasteiger partial charge >= 0.3 is 0 Å². The highest BCUT2D eigenvalue weighted by Crippen LogP contribution is 2.12. The van der Waals surface area contributed by atoms with Crippen LogP contribution in [0.3, 0.4) is 0 Å². The maximum Gasteiger partial charge on any atom is 0.209 e. The number of halogens is 1. The highest BCUT2D eigenvalue weighted by molar-refractivity contribution is 5.16. The Kier molecular flexibility index (Phi) is 6.27. The summed E-state index contributed by atoms with van der Waals surface area (Å²) in [6.45, 7) is 8.40. The summed E-state index contributed by atoms with van der Waals surface area (Å²) < 4.78 is 15.1. The second-order valence-electron chi connectivity index (χ2n) is 7.85. The summed E-state index contributed by atoms with van der Waals surface area (Å²) in [5.74, 6) is 0.704. The average molecular weight is 397 g/mol. The molecule has 29 heavy (non-hydrogen) atoms. The molecule has 6 nitrogen and oxygen atoms in total. The Bertz CT molecular complexity index is 887. The van der Waals surface area contributed by atoms with E-state index in [0.29, 0.717) is 6.54 Å². The summed E-state index contributed by atoms with van der Waals surface area (Å²) in [6, 6.07) is 17.6. The van der Waals surface area contributed by atoms with Crippen LogP contribution in [0.5, 0.6) is 0 Å². The van der Waals surface area contributed by atoms with E-state index in [0.717, 1.165) is 50.5 Å². The van der Waals surface area contributed by atoms with Crippen molar-refractivity contribution in [2.24, 2.45) is 0 Å². The molecular weight excluding hydrogens is 367 g/mol. The van der Waals surface area contributed by atoms with Crippen LogP contribution in [0.15, 0.2) is 54.6 Å². The molecule has 152 valence electrons.